The first-order valence-electron chi connectivity index (χ1n) is 6.05. The van der Waals surface area contributed by atoms with Gasteiger partial charge in [-0.1, -0.05) is 22.9 Å². The van der Waals surface area contributed by atoms with Crippen LogP contribution in [0.5, 0.6) is 0 Å². The molecule has 0 aliphatic rings. The third-order valence-corrected chi connectivity index (χ3v) is 5.43. The minimum atomic E-state index is -3.90. The van der Waals surface area contributed by atoms with Crippen molar-refractivity contribution in [3.05, 3.63) is 27.7 Å². The lowest BCUT2D eigenvalue weighted by Crippen LogP contribution is -2.42. The molecule has 1 N–H and O–H groups in total. The highest BCUT2D eigenvalue weighted by Crippen LogP contribution is 2.28. The highest BCUT2D eigenvalue weighted by molar-refractivity contribution is 9.10. The fourth-order valence-electron chi connectivity index (χ4n) is 1.51. The van der Waals surface area contributed by atoms with E-state index in [1.807, 2.05) is 20.8 Å². The normalized spacial score (nSPS) is 12.3. The maximum atomic E-state index is 12.2. The highest BCUT2D eigenvalue weighted by Gasteiger charge is 2.22. The van der Waals surface area contributed by atoms with E-state index in [0.717, 1.165) is 6.42 Å². The SMILES string of the molecule is CCC(C)(C)NC(=O)c1cc(Br)c(C)c(S(=O)(=O)Cl)c1. The van der Waals surface area contributed by atoms with E-state index in [0.29, 0.717) is 10.0 Å². The fraction of sp³-hybridized carbons (Fsp3) is 0.462. The predicted octanol–water partition coefficient (Wildman–Crippen LogP) is 3.60. The Morgan fingerprint density at radius 1 is 1.40 bits per heavy atom. The molecule has 0 saturated carbocycles. The molecule has 0 atom stereocenters. The third kappa shape index (κ3) is 4.20. The van der Waals surface area contributed by atoms with Crippen molar-refractivity contribution in [1.82, 2.24) is 5.32 Å². The summed E-state index contributed by atoms with van der Waals surface area (Å²) in [7, 11) is 1.49. The van der Waals surface area contributed by atoms with Gasteiger partial charge in [-0.25, -0.2) is 8.42 Å². The summed E-state index contributed by atoms with van der Waals surface area (Å²) in [5.74, 6) is -0.334. The van der Waals surface area contributed by atoms with E-state index in [9.17, 15) is 13.2 Å². The molecule has 0 heterocycles. The van der Waals surface area contributed by atoms with Crippen molar-refractivity contribution < 1.29 is 13.2 Å². The predicted molar refractivity (Wildman–Crippen MR) is 83.8 cm³/mol. The van der Waals surface area contributed by atoms with Crippen molar-refractivity contribution in [2.75, 3.05) is 0 Å². The summed E-state index contributed by atoms with van der Waals surface area (Å²) in [5.41, 5.74) is 0.364. The minimum absolute atomic E-state index is 0.0620. The summed E-state index contributed by atoms with van der Waals surface area (Å²) in [5, 5.41) is 2.85. The topological polar surface area (TPSA) is 63.2 Å². The second-order valence-electron chi connectivity index (χ2n) is 5.21. The number of nitrogens with one attached hydrogen (secondary N) is 1. The Kier molecular flexibility index (Phi) is 5.27. The zero-order valence-electron chi connectivity index (χ0n) is 11.8. The van der Waals surface area contributed by atoms with Crippen LogP contribution in [0.3, 0.4) is 0 Å². The number of hydrogen-bond donors (Lipinski definition) is 1. The van der Waals surface area contributed by atoms with Gasteiger partial charge in [-0.15, -0.1) is 0 Å². The molecule has 1 aromatic rings. The Hall–Kier alpha value is -0.590. The molecule has 4 nitrogen and oxygen atoms in total. The van der Waals surface area contributed by atoms with Crippen LogP contribution in [0.25, 0.3) is 0 Å². The van der Waals surface area contributed by atoms with E-state index in [1.54, 1.807) is 13.0 Å². The van der Waals surface area contributed by atoms with Crippen LogP contribution in [0.2, 0.25) is 0 Å². The van der Waals surface area contributed by atoms with Crippen LogP contribution in [0, 0.1) is 6.92 Å². The largest absolute Gasteiger partial charge is 0.347 e. The lowest BCUT2D eigenvalue weighted by molar-refractivity contribution is 0.0911. The van der Waals surface area contributed by atoms with Gasteiger partial charge in [0.2, 0.25) is 0 Å². The Labute approximate surface area is 132 Å². The molecule has 0 aliphatic heterocycles. The van der Waals surface area contributed by atoms with Crippen LogP contribution in [-0.4, -0.2) is 19.9 Å². The van der Waals surface area contributed by atoms with Crippen LogP contribution in [-0.2, 0) is 9.05 Å². The van der Waals surface area contributed by atoms with Gasteiger partial charge in [0.25, 0.3) is 15.0 Å². The lowest BCUT2D eigenvalue weighted by atomic mass is 10.0. The maximum Gasteiger partial charge on any atom is 0.261 e. The Morgan fingerprint density at radius 2 is 1.95 bits per heavy atom. The maximum absolute atomic E-state index is 12.2. The Morgan fingerprint density at radius 3 is 2.40 bits per heavy atom. The molecule has 1 rings (SSSR count). The number of hydrogen-bond acceptors (Lipinski definition) is 3. The van der Waals surface area contributed by atoms with Crippen LogP contribution >= 0.6 is 26.6 Å². The number of carbonyl (C=O) groups excluding carboxylic acids is 1. The van der Waals surface area contributed by atoms with Crippen molar-refractivity contribution in [1.29, 1.82) is 0 Å². The Bertz CT molecular complexity index is 641. The molecular weight excluding hydrogens is 366 g/mol. The van der Waals surface area contributed by atoms with Crippen molar-refractivity contribution in [2.45, 2.75) is 44.6 Å². The summed E-state index contributed by atoms with van der Waals surface area (Å²) >= 11 is 3.25. The van der Waals surface area contributed by atoms with Crippen molar-refractivity contribution in [3.8, 4) is 0 Å². The lowest BCUT2D eigenvalue weighted by Gasteiger charge is -2.24. The molecule has 20 heavy (non-hydrogen) atoms. The zero-order chi connectivity index (χ0) is 15.7. The molecular formula is C13H17BrClNO3S. The van der Waals surface area contributed by atoms with Gasteiger partial charge in [-0.3, -0.25) is 4.79 Å². The van der Waals surface area contributed by atoms with Gasteiger partial charge in [0.1, 0.15) is 0 Å². The third-order valence-electron chi connectivity index (χ3n) is 3.16. The number of benzene rings is 1. The second kappa shape index (κ2) is 6.03. The van der Waals surface area contributed by atoms with Gasteiger partial charge >= 0.3 is 0 Å². The van der Waals surface area contributed by atoms with E-state index in [4.69, 9.17) is 10.7 Å². The molecule has 0 fully saturated rings. The summed E-state index contributed by atoms with van der Waals surface area (Å²) in [6, 6.07) is 2.88. The van der Waals surface area contributed by atoms with E-state index >= 15 is 0 Å². The summed E-state index contributed by atoms with van der Waals surface area (Å²) in [6.45, 7) is 7.37. The van der Waals surface area contributed by atoms with Crippen LogP contribution in [0.15, 0.2) is 21.5 Å². The molecule has 0 unspecified atom stereocenters. The van der Waals surface area contributed by atoms with Gasteiger partial charge in [-0.2, -0.15) is 0 Å². The van der Waals surface area contributed by atoms with E-state index in [1.165, 1.54) is 6.07 Å². The average Bonchev–Trinajstić information content (AvgIpc) is 2.30. The molecule has 0 bridgehead atoms. The molecule has 112 valence electrons. The highest BCUT2D eigenvalue weighted by atomic mass is 79.9. The van der Waals surface area contributed by atoms with Crippen LogP contribution < -0.4 is 5.32 Å². The number of carbonyl (C=O) groups is 1. The first-order chi connectivity index (χ1) is 8.98. The quantitative estimate of drug-likeness (QED) is 0.809. The molecule has 0 aromatic heterocycles. The summed E-state index contributed by atoms with van der Waals surface area (Å²) in [6.07, 6.45) is 0.756. The van der Waals surface area contributed by atoms with E-state index in [-0.39, 0.29) is 21.9 Å². The first kappa shape index (κ1) is 17.5. The second-order valence-corrected chi connectivity index (χ2v) is 8.60. The monoisotopic (exact) mass is 381 g/mol. The summed E-state index contributed by atoms with van der Waals surface area (Å²) in [4.78, 5) is 12.1. The zero-order valence-corrected chi connectivity index (χ0v) is 14.9. The molecule has 1 aromatic carbocycles. The average molecular weight is 383 g/mol. The molecule has 0 spiro atoms. The van der Waals surface area contributed by atoms with Gasteiger partial charge in [0.05, 0.1) is 4.90 Å². The molecule has 0 saturated heterocycles. The number of amides is 1. The molecule has 7 heteroatoms. The number of rotatable bonds is 4. The molecule has 0 aliphatic carbocycles. The van der Waals surface area contributed by atoms with Gasteiger partial charge < -0.3 is 5.32 Å². The number of halogens is 2. The van der Waals surface area contributed by atoms with E-state index in [2.05, 4.69) is 21.2 Å². The smallest absolute Gasteiger partial charge is 0.261 e. The molecule has 0 radical (unpaired) electrons. The van der Waals surface area contributed by atoms with E-state index < -0.39 is 9.05 Å². The first-order valence-corrected chi connectivity index (χ1v) is 9.15. The standard InChI is InChI=1S/C13H17BrClNO3S/c1-5-13(3,4)16-12(17)9-6-10(14)8(2)11(7-9)20(15,18)19/h6-7H,5H2,1-4H3,(H,16,17). The fourth-order valence-corrected chi connectivity index (χ4v) is 3.32. The van der Waals surface area contributed by atoms with Crippen LogP contribution in [0.4, 0.5) is 0 Å². The summed E-state index contributed by atoms with van der Waals surface area (Å²) < 4.78 is 23.6. The van der Waals surface area contributed by atoms with Gasteiger partial charge in [-0.05, 0) is 44.9 Å². The molecule has 1 amide bonds. The Balaban J connectivity index is 3.28. The van der Waals surface area contributed by atoms with Crippen molar-refractivity contribution in [3.63, 3.8) is 0 Å². The van der Waals surface area contributed by atoms with Gasteiger partial charge in [0.15, 0.2) is 0 Å². The van der Waals surface area contributed by atoms with Crippen molar-refractivity contribution >= 4 is 41.6 Å². The minimum Gasteiger partial charge on any atom is -0.347 e. The van der Waals surface area contributed by atoms with Crippen molar-refractivity contribution in [2.24, 2.45) is 0 Å². The van der Waals surface area contributed by atoms with Gasteiger partial charge in [0, 0.05) is 26.3 Å². The van der Waals surface area contributed by atoms with Crippen LogP contribution in [0.1, 0.15) is 43.1 Å².